The Morgan fingerprint density at radius 2 is 1.89 bits per heavy atom. The van der Waals surface area contributed by atoms with Crippen LogP contribution in [0, 0.1) is 0 Å². The van der Waals surface area contributed by atoms with Crippen LogP contribution >= 0.6 is 0 Å². The van der Waals surface area contributed by atoms with E-state index in [1.54, 1.807) is 0 Å². The number of nitrogens with zero attached hydrogens (tertiary/aromatic N) is 3. The van der Waals surface area contributed by atoms with Gasteiger partial charge in [0.1, 0.15) is 0 Å². The van der Waals surface area contributed by atoms with Crippen LogP contribution in [0.4, 0.5) is 0 Å². The van der Waals surface area contributed by atoms with E-state index in [2.05, 4.69) is 41.1 Å². The fourth-order valence-electron chi connectivity index (χ4n) is 1.99. The molecule has 0 bridgehead atoms. The Hall–Kier alpha value is -1.74. The highest BCUT2D eigenvalue weighted by Gasteiger charge is 2.00. The quantitative estimate of drug-likeness (QED) is 0.743. The first-order valence-electron chi connectivity index (χ1n) is 6.77. The monoisotopic (exact) mass is 255 g/mol. The summed E-state index contributed by atoms with van der Waals surface area (Å²) in [4.78, 5) is 11.1. The van der Waals surface area contributed by atoms with E-state index in [4.69, 9.17) is 0 Å². The molecule has 0 saturated carbocycles. The predicted octanol–water partition coefficient (Wildman–Crippen LogP) is 3.03. The van der Waals surface area contributed by atoms with Crippen molar-refractivity contribution in [1.82, 2.24) is 14.9 Å². The highest BCUT2D eigenvalue weighted by molar-refractivity contribution is 5.57. The first-order valence-corrected chi connectivity index (χ1v) is 6.77. The number of aryl methyl sites for hydroxylation is 1. The lowest BCUT2D eigenvalue weighted by Crippen LogP contribution is -2.12. The zero-order chi connectivity index (χ0) is 13.5. The molecular weight excluding hydrogens is 234 g/mol. The largest absolute Gasteiger partial charge is 0.309 e. The summed E-state index contributed by atoms with van der Waals surface area (Å²) in [5.74, 6) is 0. The Balaban J connectivity index is 1.88. The second kappa shape index (κ2) is 7.00. The van der Waals surface area contributed by atoms with Gasteiger partial charge < -0.3 is 4.90 Å². The van der Waals surface area contributed by atoms with Crippen LogP contribution in [-0.2, 0) is 6.42 Å². The lowest BCUT2D eigenvalue weighted by molar-refractivity contribution is 0.394. The highest BCUT2D eigenvalue weighted by Crippen LogP contribution is 2.15. The van der Waals surface area contributed by atoms with Crippen molar-refractivity contribution >= 4 is 0 Å². The topological polar surface area (TPSA) is 29.0 Å². The first-order chi connectivity index (χ1) is 9.25. The average Bonchev–Trinajstić information content (AvgIpc) is 2.45. The van der Waals surface area contributed by atoms with E-state index in [0.29, 0.717) is 0 Å². The highest BCUT2D eigenvalue weighted by atomic mass is 15.0. The van der Waals surface area contributed by atoms with Gasteiger partial charge in [0, 0.05) is 23.7 Å². The molecule has 0 aromatic carbocycles. The Bertz CT molecular complexity index is 477. The molecule has 100 valence electrons. The van der Waals surface area contributed by atoms with Gasteiger partial charge in [-0.3, -0.25) is 9.97 Å². The van der Waals surface area contributed by atoms with Crippen molar-refractivity contribution in [2.24, 2.45) is 0 Å². The summed E-state index contributed by atoms with van der Waals surface area (Å²) >= 11 is 0. The Morgan fingerprint density at radius 1 is 1.00 bits per heavy atom. The van der Waals surface area contributed by atoms with E-state index < -0.39 is 0 Å². The maximum Gasteiger partial charge on any atom is 0.0717 e. The molecule has 2 aromatic heterocycles. The zero-order valence-corrected chi connectivity index (χ0v) is 11.7. The molecule has 0 unspecified atom stereocenters. The second-order valence-corrected chi connectivity index (χ2v) is 5.01. The molecule has 0 atom stereocenters. The number of pyridine rings is 2. The van der Waals surface area contributed by atoms with Gasteiger partial charge >= 0.3 is 0 Å². The van der Waals surface area contributed by atoms with Crippen LogP contribution in [0.2, 0.25) is 0 Å². The normalized spacial score (nSPS) is 10.9. The van der Waals surface area contributed by atoms with Gasteiger partial charge in [0.05, 0.1) is 5.69 Å². The van der Waals surface area contributed by atoms with Crippen molar-refractivity contribution < 1.29 is 0 Å². The summed E-state index contributed by atoms with van der Waals surface area (Å²) in [5.41, 5.74) is 3.23. The van der Waals surface area contributed by atoms with Gasteiger partial charge in [0.25, 0.3) is 0 Å². The van der Waals surface area contributed by atoms with Crippen LogP contribution in [0.15, 0.2) is 42.7 Å². The molecule has 0 amide bonds. The first kappa shape index (κ1) is 13.7. The van der Waals surface area contributed by atoms with Gasteiger partial charge in [0.15, 0.2) is 0 Å². The Labute approximate surface area is 115 Å². The van der Waals surface area contributed by atoms with E-state index in [1.807, 2.05) is 30.6 Å². The lowest BCUT2D eigenvalue weighted by Gasteiger charge is -2.08. The van der Waals surface area contributed by atoms with Gasteiger partial charge in [-0.2, -0.15) is 0 Å². The molecule has 0 aliphatic rings. The second-order valence-electron chi connectivity index (χ2n) is 5.01. The predicted molar refractivity (Wildman–Crippen MR) is 79.0 cm³/mol. The number of aromatic nitrogens is 2. The Kier molecular flexibility index (Phi) is 5.04. The maximum absolute atomic E-state index is 4.52. The Morgan fingerprint density at radius 3 is 2.53 bits per heavy atom. The van der Waals surface area contributed by atoms with Crippen LogP contribution in [-0.4, -0.2) is 35.5 Å². The van der Waals surface area contributed by atoms with E-state index >= 15 is 0 Å². The fourth-order valence-corrected chi connectivity index (χ4v) is 1.99. The van der Waals surface area contributed by atoms with Gasteiger partial charge in [0.2, 0.25) is 0 Å². The van der Waals surface area contributed by atoms with E-state index in [1.165, 1.54) is 18.5 Å². The molecule has 19 heavy (non-hydrogen) atoms. The third-order valence-electron chi connectivity index (χ3n) is 3.07. The van der Waals surface area contributed by atoms with Gasteiger partial charge in [-0.25, -0.2) is 0 Å². The summed E-state index contributed by atoms with van der Waals surface area (Å²) in [6, 6.07) is 10.2. The molecule has 3 nitrogen and oxygen atoms in total. The third kappa shape index (κ3) is 4.45. The van der Waals surface area contributed by atoms with Crippen LogP contribution in [0.25, 0.3) is 11.3 Å². The van der Waals surface area contributed by atoms with Crippen molar-refractivity contribution in [2.45, 2.75) is 19.3 Å². The minimum Gasteiger partial charge on any atom is -0.309 e. The summed E-state index contributed by atoms with van der Waals surface area (Å²) in [6.45, 7) is 1.14. The average molecular weight is 255 g/mol. The van der Waals surface area contributed by atoms with Crippen LogP contribution in [0.1, 0.15) is 18.5 Å². The number of hydrogen-bond acceptors (Lipinski definition) is 3. The minimum absolute atomic E-state index is 0.981. The molecular formula is C16H21N3. The summed E-state index contributed by atoms with van der Waals surface area (Å²) in [6.07, 6.45) is 7.19. The maximum atomic E-state index is 4.52. The fraction of sp³-hybridized carbons (Fsp3) is 0.375. The van der Waals surface area contributed by atoms with Gasteiger partial charge in [-0.1, -0.05) is 6.07 Å². The molecule has 0 saturated heterocycles. The summed E-state index contributed by atoms with van der Waals surface area (Å²) < 4.78 is 0. The minimum atomic E-state index is 0.981. The van der Waals surface area contributed by atoms with Crippen LogP contribution in [0.5, 0.6) is 0 Å². The molecule has 0 spiro atoms. The summed E-state index contributed by atoms with van der Waals surface area (Å²) in [7, 11) is 4.22. The SMILES string of the molecule is CN(C)CCCCc1ccc(-c2ccccn2)cn1. The lowest BCUT2D eigenvalue weighted by atomic mass is 10.1. The van der Waals surface area contributed by atoms with E-state index in [-0.39, 0.29) is 0 Å². The van der Waals surface area contributed by atoms with E-state index in [9.17, 15) is 0 Å². The molecule has 2 heterocycles. The zero-order valence-electron chi connectivity index (χ0n) is 11.7. The molecule has 0 aliphatic carbocycles. The molecule has 2 rings (SSSR count). The molecule has 2 aromatic rings. The van der Waals surface area contributed by atoms with Gasteiger partial charge in [-0.05, 0) is 64.2 Å². The molecule has 0 fully saturated rings. The third-order valence-corrected chi connectivity index (χ3v) is 3.07. The molecule has 0 radical (unpaired) electrons. The standard InChI is InChI=1S/C16H21N3/c1-19(2)12-6-4-7-15-10-9-14(13-18-15)16-8-3-5-11-17-16/h3,5,8-11,13H,4,6-7,12H2,1-2H3. The number of unbranched alkanes of at least 4 members (excludes halogenated alkanes) is 1. The van der Waals surface area contributed by atoms with Crippen molar-refractivity contribution in [3.63, 3.8) is 0 Å². The molecule has 0 N–H and O–H groups in total. The van der Waals surface area contributed by atoms with Gasteiger partial charge in [-0.15, -0.1) is 0 Å². The van der Waals surface area contributed by atoms with Crippen molar-refractivity contribution in [2.75, 3.05) is 20.6 Å². The molecule has 3 heteroatoms. The van der Waals surface area contributed by atoms with E-state index in [0.717, 1.165) is 24.2 Å². The smallest absolute Gasteiger partial charge is 0.0717 e. The molecule has 0 aliphatic heterocycles. The number of rotatable bonds is 6. The summed E-state index contributed by atoms with van der Waals surface area (Å²) in [5, 5.41) is 0. The van der Waals surface area contributed by atoms with Crippen LogP contribution in [0.3, 0.4) is 0 Å². The van der Waals surface area contributed by atoms with Crippen molar-refractivity contribution in [1.29, 1.82) is 0 Å². The number of hydrogen-bond donors (Lipinski definition) is 0. The van der Waals surface area contributed by atoms with Crippen LogP contribution < -0.4 is 0 Å². The van der Waals surface area contributed by atoms with Crippen molar-refractivity contribution in [3.8, 4) is 11.3 Å². The van der Waals surface area contributed by atoms with Crippen molar-refractivity contribution in [3.05, 3.63) is 48.4 Å².